The summed E-state index contributed by atoms with van der Waals surface area (Å²) in [5.74, 6) is 0. The Morgan fingerprint density at radius 3 is 2.46 bits per heavy atom. The maximum Gasteiger partial charge on any atom is 0.0540 e. The van der Waals surface area contributed by atoms with Gasteiger partial charge in [0, 0.05) is 23.1 Å². The fraction of sp³-hybridized carbons (Fsp3) is 0.0286. The Hall–Kier alpha value is -4.82. The van der Waals surface area contributed by atoms with E-state index in [-0.39, 0.29) is 0 Å². The van der Waals surface area contributed by atoms with Gasteiger partial charge in [-0.15, -0.1) is 0 Å². The minimum absolute atomic E-state index is 0.773. The van der Waals surface area contributed by atoms with E-state index >= 15 is 0 Å². The lowest BCUT2D eigenvalue weighted by Crippen LogP contribution is -2.13. The quantitative estimate of drug-likeness (QED) is 0.281. The largest absolute Gasteiger partial charge is 0.398 e. The number of nitrogens with two attached hydrogens (primary N) is 1. The van der Waals surface area contributed by atoms with Gasteiger partial charge in [-0.1, -0.05) is 110 Å². The smallest absolute Gasteiger partial charge is 0.0540 e. The van der Waals surface area contributed by atoms with Crippen LogP contribution in [0.3, 0.4) is 0 Å². The van der Waals surface area contributed by atoms with Gasteiger partial charge in [0.25, 0.3) is 0 Å². The number of benzene rings is 5. The normalized spacial score (nSPS) is 14.0. The molecule has 0 radical (unpaired) electrons. The standard InChI is InChI=1S/C35H28N2/c1-25-31-16-7-5-13-28(31)22-23-37(34-21-19-27-12-6-8-17-32(27)35(25)34)30-15-9-14-29(24-30)33(36)20-18-26-10-3-2-4-11-26/h2-17,19-24H,1,18,36H2/b23-22-,33-20-. The molecule has 0 amide bonds. The lowest BCUT2D eigenvalue weighted by molar-refractivity contribution is 1.25. The molecule has 0 aliphatic carbocycles. The van der Waals surface area contributed by atoms with Crippen LogP contribution in [0, 0.1) is 0 Å². The lowest BCUT2D eigenvalue weighted by atomic mass is 9.89. The molecule has 0 fully saturated rings. The number of hydrogen-bond donors (Lipinski definition) is 1. The number of nitrogens with zero attached hydrogens (tertiary/aromatic N) is 1. The Morgan fingerprint density at radius 2 is 1.57 bits per heavy atom. The molecular formula is C35H28N2. The van der Waals surface area contributed by atoms with Crippen LogP contribution >= 0.6 is 0 Å². The summed E-state index contributed by atoms with van der Waals surface area (Å²) < 4.78 is 0. The first kappa shape index (κ1) is 22.6. The van der Waals surface area contributed by atoms with Crippen molar-refractivity contribution < 1.29 is 0 Å². The Kier molecular flexibility index (Phi) is 5.92. The Balaban J connectivity index is 1.48. The predicted molar refractivity (Wildman–Crippen MR) is 158 cm³/mol. The topological polar surface area (TPSA) is 29.3 Å². The van der Waals surface area contributed by atoms with Crippen LogP contribution in [0.15, 0.2) is 134 Å². The van der Waals surface area contributed by atoms with Crippen molar-refractivity contribution in [3.8, 4) is 0 Å². The summed E-state index contributed by atoms with van der Waals surface area (Å²) in [6.07, 6.45) is 7.21. The average molecular weight is 477 g/mol. The van der Waals surface area contributed by atoms with Crippen molar-refractivity contribution in [1.82, 2.24) is 0 Å². The van der Waals surface area contributed by atoms with E-state index in [9.17, 15) is 0 Å². The molecule has 178 valence electrons. The molecule has 0 unspecified atom stereocenters. The van der Waals surface area contributed by atoms with Crippen LogP contribution < -0.4 is 10.6 Å². The van der Waals surface area contributed by atoms with Gasteiger partial charge in [0.05, 0.1) is 5.69 Å². The van der Waals surface area contributed by atoms with E-state index in [4.69, 9.17) is 5.73 Å². The molecule has 2 nitrogen and oxygen atoms in total. The van der Waals surface area contributed by atoms with E-state index in [0.717, 1.165) is 51.3 Å². The molecule has 1 aliphatic heterocycles. The van der Waals surface area contributed by atoms with Gasteiger partial charge in [-0.25, -0.2) is 0 Å². The van der Waals surface area contributed by atoms with Gasteiger partial charge in [-0.3, -0.25) is 0 Å². The summed E-state index contributed by atoms with van der Waals surface area (Å²) in [7, 11) is 0. The van der Waals surface area contributed by atoms with Crippen LogP contribution in [0.2, 0.25) is 0 Å². The number of fused-ring (bicyclic) bond motifs is 4. The lowest BCUT2D eigenvalue weighted by Gasteiger charge is -2.28. The van der Waals surface area contributed by atoms with Crippen molar-refractivity contribution in [2.24, 2.45) is 5.73 Å². The summed E-state index contributed by atoms with van der Waals surface area (Å²) in [6.45, 7) is 4.59. The Labute approximate surface area is 218 Å². The molecule has 0 aromatic heterocycles. The van der Waals surface area contributed by atoms with Crippen LogP contribution in [0.25, 0.3) is 28.1 Å². The van der Waals surface area contributed by atoms with E-state index in [1.54, 1.807) is 0 Å². The van der Waals surface area contributed by atoms with Crippen molar-refractivity contribution in [2.75, 3.05) is 4.90 Å². The third-order valence-electron chi connectivity index (χ3n) is 7.02. The molecular weight excluding hydrogens is 448 g/mol. The van der Waals surface area contributed by atoms with Crippen molar-refractivity contribution in [2.45, 2.75) is 6.42 Å². The van der Waals surface area contributed by atoms with Gasteiger partial charge in [0.2, 0.25) is 0 Å². The molecule has 0 bridgehead atoms. The summed E-state index contributed by atoms with van der Waals surface area (Å²) in [5, 5.41) is 2.39. The Bertz CT molecular complexity index is 1670. The van der Waals surface area contributed by atoms with Gasteiger partial charge in [-0.05, 0) is 69.3 Å². The highest BCUT2D eigenvalue weighted by Gasteiger charge is 2.21. The second kappa shape index (κ2) is 9.67. The summed E-state index contributed by atoms with van der Waals surface area (Å²) in [4.78, 5) is 2.25. The maximum atomic E-state index is 6.56. The van der Waals surface area contributed by atoms with Gasteiger partial charge in [0.1, 0.15) is 0 Å². The second-order valence-electron chi connectivity index (χ2n) is 9.33. The molecule has 2 N–H and O–H groups in total. The molecule has 5 aromatic carbocycles. The van der Waals surface area contributed by atoms with Crippen LogP contribution in [0.5, 0.6) is 0 Å². The van der Waals surface area contributed by atoms with Crippen molar-refractivity contribution in [3.05, 3.63) is 162 Å². The fourth-order valence-corrected chi connectivity index (χ4v) is 5.09. The zero-order chi connectivity index (χ0) is 25.2. The third-order valence-corrected chi connectivity index (χ3v) is 7.02. The molecule has 0 saturated carbocycles. The number of allylic oxidation sites excluding steroid dienone is 1. The highest BCUT2D eigenvalue weighted by Crippen LogP contribution is 2.42. The first-order valence-corrected chi connectivity index (χ1v) is 12.6. The van der Waals surface area contributed by atoms with E-state index in [1.165, 1.54) is 16.3 Å². The fourth-order valence-electron chi connectivity index (χ4n) is 5.09. The predicted octanol–water partition coefficient (Wildman–Crippen LogP) is 8.57. The summed E-state index contributed by atoms with van der Waals surface area (Å²) >= 11 is 0. The molecule has 1 heterocycles. The van der Waals surface area contributed by atoms with Crippen molar-refractivity contribution >= 4 is 39.5 Å². The van der Waals surface area contributed by atoms with Crippen LogP contribution in [-0.4, -0.2) is 0 Å². The highest BCUT2D eigenvalue weighted by atomic mass is 15.1. The summed E-state index contributed by atoms with van der Waals surface area (Å²) in [5.41, 5.74) is 16.2. The molecule has 6 rings (SSSR count). The van der Waals surface area contributed by atoms with Crippen molar-refractivity contribution in [1.29, 1.82) is 0 Å². The molecule has 0 spiro atoms. The first-order valence-electron chi connectivity index (χ1n) is 12.6. The molecule has 1 aliphatic rings. The van der Waals surface area contributed by atoms with Crippen LogP contribution in [0.4, 0.5) is 11.4 Å². The molecule has 0 atom stereocenters. The number of anilines is 2. The zero-order valence-corrected chi connectivity index (χ0v) is 20.6. The second-order valence-corrected chi connectivity index (χ2v) is 9.33. The molecule has 37 heavy (non-hydrogen) atoms. The van der Waals surface area contributed by atoms with E-state index < -0.39 is 0 Å². The minimum Gasteiger partial charge on any atom is -0.398 e. The van der Waals surface area contributed by atoms with E-state index in [2.05, 4.69) is 139 Å². The Morgan fingerprint density at radius 1 is 0.784 bits per heavy atom. The minimum atomic E-state index is 0.773. The number of rotatable bonds is 4. The monoisotopic (exact) mass is 476 g/mol. The van der Waals surface area contributed by atoms with Gasteiger partial charge in [-0.2, -0.15) is 0 Å². The van der Waals surface area contributed by atoms with Crippen LogP contribution in [-0.2, 0) is 6.42 Å². The first-order chi connectivity index (χ1) is 18.2. The average Bonchev–Trinajstić information content (AvgIpc) is 2.95. The molecule has 5 aromatic rings. The van der Waals surface area contributed by atoms with E-state index in [0.29, 0.717) is 0 Å². The SMILES string of the molecule is C=C1c2ccccc2/C=C\N(c2cccc(/C(N)=C/Cc3ccccc3)c2)c2ccc3ccccc3c21. The van der Waals surface area contributed by atoms with Crippen LogP contribution in [0.1, 0.15) is 27.8 Å². The third kappa shape index (κ3) is 4.34. The number of hydrogen-bond acceptors (Lipinski definition) is 2. The summed E-state index contributed by atoms with van der Waals surface area (Å²) in [6, 6.07) is 40.2. The van der Waals surface area contributed by atoms with Gasteiger partial charge >= 0.3 is 0 Å². The molecule has 2 heteroatoms. The highest BCUT2D eigenvalue weighted by molar-refractivity contribution is 6.05. The van der Waals surface area contributed by atoms with E-state index in [1.807, 2.05) is 6.07 Å². The molecule has 0 saturated heterocycles. The van der Waals surface area contributed by atoms with Gasteiger partial charge in [0.15, 0.2) is 0 Å². The maximum absolute atomic E-state index is 6.56. The van der Waals surface area contributed by atoms with Crippen molar-refractivity contribution in [3.63, 3.8) is 0 Å². The zero-order valence-electron chi connectivity index (χ0n) is 20.6. The van der Waals surface area contributed by atoms with Gasteiger partial charge < -0.3 is 10.6 Å².